The molecular formula is C37H49NO6S. The summed E-state index contributed by atoms with van der Waals surface area (Å²) in [5.41, 5.74) is 7.66. The number of aliphatic hydroxyl groups is 2. The van der Waals surface area contributed by atoms with Crippen LogP contribution in [0.3, 0.4) is 0 Å². The van der Waals surface area contributed by atoms with E-state index >= 15 is 0 Å². The summed E-state index contributed by atoms with van der Waals surface area (Å²) in [5.74, 6) is 6.62. The molecule has 1 aromatic carbocycles. The number of fused-ring (bicyclic) bond motifs is 4. The minimum Gasteiger partial charge on any atom is -0.437 e. The van der Waals surface area contributed by atoms with Crippen molar-refractivity contribution in [3.8, 4) is 11.8 Å². The van der Waals surface area contributed by atoms with Gasteiger partial charge in [-0.1, -0.05) is 56.4 Å². The maximum absolute atomic E-state index is 12.5. The van der Waals surface area contributed by atoms with Crippen molar-refractivity contribution in [1.29, 1.82) is 0 Å². The Balaban J connectivity index is 1.37. The van der Waals surface area contributed by atoms with Crippen molar-refractivity contribution in [2.24, 2.45) is 28.4 Å². The predicted octanol–water partition coefficient (Wildman–Crippen LogP) is 6.43. The normalized spacial score (nSPS) is 36.5. The van der Waals surface area contributed by atoms with Crippen molar-refractivity contribution in [3.63, 3.8) is 0 Å². The van der Waals surface area contributed by atoms with E-state index in [-0.39, 0.29) is 23.4 Å². The molecule has 0 radical (unpaired) electrons. The van der Waals surface area contributed by atoms with Crippen LogP contribution in [0.25, 0.3) is 0 Å². The molecular weight excluding hydrogens is 586 g/mol. The summed E-state index contributed by atoms with van der Waals surface area (Å²) < 4.78 is 17.6. The molecule has 1 amide bonds. The third-order valence-electron chi connectivity index (χ3n) is 11.6. The lowest BCUT2D eigenvalue weighted by molar-refractivity contribution is -0.322. The summed E-state index contributed by atoms with van der Waals surface area (Å²) in [6.07, 6.45) is 7.41. The number of ether oxygens (including phenoxy) is 3. The molecule has 1 heterocycles. The smallest absolute Gasteiger partial charge is 0.405 e. The minimum absolute atomic E-state index is 0.0287. The van der Waals surface area contributed by atoms with E-state index in [4.69, 9.17) is 19.9 Å². The molecule has 6 rings (SSSR count). The van der Waals surface area contributed by atoms with Crippen molar-refractivity contribution in [1.82, 2.24) is 0 Å². The summed E-state index contributed by atoms with van der Waals surface area (Å²) in [4.78, 5) is 10.9. The van der Waals surface area contributed by atoms with Gasteiger partial charge in [-0.15, -0.1) is 11.8 Å². The lowest BCUT2D eigenvalue weighted by Crippen LogP contribution is -2.58. The molecule has 6 atom stereocenters. The highest BCUT2D eigenvalue weighted by Gasteiger charge is 2.64. The zero-order valence-electron chi connectivity index (χ0n) is 27.2. The third kappa shape index (κ3) is 6.00. The Morgan fingerprint density at radius 2 is 1.84 bits per heavy atom. The van der Waals surface area contributed by atoms with Crippen LogP contribution in [0.5, 0.6) is 0 Å². The number of nitrogens with two attached hydrogens (primary N) is 1. The number of amides is 1. The van der Waals surface area contributed by atoms with Crippen LogP contribution in [-0.2, 0) is 14.2 Å². The van der Waals surface area contributed by atoms with Gasteiger partial charge >= 0.3 is 6.09 Å². The first-order valence-corrected chi connectivity index (χ1v) is 17.6. The second-order valence-electron chi connectivity index (χ2n) is 15.1. The van der Waals surface area contributed by atoms with E-state index in [1.165, 1.54) is 16.7 Å². The van der Waals surface area contributed by atoms with Gasteiger partial charge in [-0.2, -0.15) is 0 Å². The molecule has 0 bridgehead atoms. The molecule has 1 aliphatic heterocycles. The topological polar surface area (TPSA) is 111 Å². The number of carbonyl (C=O) groups excluding carboxylic acids is 1. The van der Waals surface area contributed by atoms with Crippen LogP contribution < -0.4 is 5.73 Å². The first-order valence-electron chi connectivity index (χ1n) is 16.5. The molecule has 8 heteroatoms. The fourth-order valence-electron chi connectivity index (χ4n) is 9.21. The Bertz CT molecular complexity index is 1410. The van der Waals surface area contributed by atoms with Crippen LogP contribution in [0.4, 0.5) is 4.79 Å². The third-order valence-corrected chi connectivity index (χ3v) is 12.7. The molecule has 7 nitrogen and oxygen atoms in total. The largest absolute Gasteiger partial charge is 0.437 e. The molecule has 1 spiro atoms. The molecule has 0 aromatic heterocycles. The van der Waals surface area contributed by atoms with Gasteiger partial charge in [0.25, 0.3) is 0 Å². The second kappa shape index (κ2) is 12.1. The van der Waals surface area contributed by atoms with E-state index in [1.807, 2.05) is 25.1 Å². The van der Waals surface area contributed by atoms with Crippen molar-refractivity contribution >= 4 is 17.9 Å². The molecule has 3 saturated carbocycles. The Labute approximate surface area is 272 Å². The van der Waals surface area contributed by atoms with Gasteiger partial charge in [0.1, 0.15) is 0 Å². The van der Waals surface area contributed by atoms with Gasteiger partial charge in [-0.05, 0) is 86.0 Å². The molecule has 1 saturated heterocycles. The average molecular weight is 636 g/mol. The summed E-state index contributed by atoms with van der Waals surface area (Å²) in [5, 5.41) is 26.9. The van der Waals surface area contributed by atoms with Crippen LogP contribution >= 0.6 is 11.8 Å². The lowest BCUT2D eigenvalue weighted by Gasteiger charge is -2.58. The van der Waals surface area contributed by atoms with Gasteiger partial charge < -0.3 is 30.2 Å². The first kappa shape index (κ1) is 32.7. The van der Waals surface area contributed by atoms with E-state index in [1.54, 1.807) is 11.8 Å². The monoisotopic (exact) mass is 635 g/mol. The van der Waals surface area contributed by atoms with Gasteiger partial charge in [0, 0.05) is 40.9 Å². The van der Waals surface area contributed by atoms with Crippen LogP contribution in [0.1, 0.15) is 96.1 Å². The standard InChI is InChI=1S/C37H49NO6S/c1-5-19-45-24-36(41)16-13-29-27-12-15-35(40)21-37(43-22-33(2,3)23-44-37)17-14-30(35)31(27)28(20-34(29,36)4)26-10-8-25(9-11-26)7-6-18-42-32(38)39/h5,8-11,19,27-29,40-41H,12-18,20-24H2,1-4H3,(H2,38,39). The molecule has 4 N–H and O–H groups in total. The van der Waals surface area contributed by atoms with Crippen molar-refractivity contribution in [3.05, 3.63) is 58.0 Å². The van der Waals surface area contributed by atoms with Crippen LogP contribution in [0.2, 0.25) is 0 Å². The Morgan fingerprint density at radius 1 is 1.11 bits per heavy atom. The first-order chi connectivity index (χ1) is 21.3. The SMILES string of the molecule is CC=CSCC1(O)CCC2C3CCC4(O)CC5(CCC4=C3C(c3ccc(C#CCOC(N)=O)cc3)CC21C)OCC(C)(C)CO5. The number of carbonyl (C=O) groups is 1. The number of hydrogen-bond donors (Lipinski definition) is 3. The van der Waals surface area contributed by atoms with E-state index < -0.39 is 23.1 Å². The Morgan fingerprint density at radius 3 is 2.53 bits per heavy atom. The highest BCUT2D eigenvalue weighted by Crippen LogP contribution is 2.68. The number of hydrogen-bond acceptors (Lipinski definition) is 7. The number of thioether (sulfide) groups is 1. The van der Waals surface area contributed by atoms with Gasteiger partial charge in [0.2, 0.25) is 0 Å². The average Bonchev–Trinajstić information content (AvgIpc) is 3.26. The summed E-state index contributed by atoms with van der Waals surface area (Å²) in [6.45, 7) is 9.88. The fraction of sp³-hybridized carbons (Fsp3) is 0.649. The molecule has 5 aliphatic rings. The molecule has 1 aromatic rings. The summed E-state index contributed by atoms with van der Waals surface area (Å²) in [7, 11) is 0. The fourth-order valence-corrected chi connectivity index (χ4v) is 10.2. The van der Waals surface area contributed by atoms with Gasteiger partial charge in [0.15, 0.2) is 12.4 Å². The molecule has 4 aliphatic carbocycles. The molecule has 45 heavy (non-hydrogen) atoms. The second-order valence-corrected chi connectivity index (χ2v) is 16.0. The number of primary amides is 1. The van der Waals surface area contributed by atoms with Gasteiger partial charge in [-0.25, -0.2) is 4.79 Å². The van der Waals surface area contributed by atoms with Crippen molar-refractivity contribution in [2.75, 3.05) is 25.6 Å². The van der Waals surface area contributed by atoms with E-state index in [9.17, 15) is 15.0 Å². The number of rotatable bonds is 5. The minimum atomic E-state index is -0.958. The summed E-state index contributed by atoms with van der Waals surface area (Å²) >= 11 is 1.71. The van der Waals surface area contributed by atoms with E-state index in [2.05, 4.69) is 50.2 Å². The van der Waals surface area contributed by atoms with Gasteiger partial charge in [0.05, 0.1) is 24.4 Å². The van der Waals surface area contributed by atoms with E-state index in [0.717, 1.165) is 44.1 Å². The lowest BCUT2D eigenvalue weighted by atomic mass is 9.50. The highest BCUT2D eigenvalue weighted by atomic mass is 32.2. The van der Waals surface area contributed by atoms with E-state index in [0.29, 0.717) is 43.6 Å². The van der Waals surface area contributed by atoms with Crippen LogP contribution in [-0.4, -0.2) is 58.9 Å². The summed E-state index contributed by atoms with van der Waals surface area (Å²) in [6, 6.07) is 8.32. The Kier molecular flexibility index (Phi) is 8.75. The van der Waals surface area contributed by atoms with Crippen molar-refractivity contribution in [2.45, 2.75) is 102 Å². The van der Waals surface area contributed by atoms with Crippen LogP contribution in [0.15, 0.2) is 46.9 Å². The van der Waals surface area contributed by atoms with Gasteiger partial charge in [-0.3, -0.25) is 0 Å². The predicted molar refractivity (Wildman–Crippen MR) is 176 cm³/mol. The maximum Gasteiger partial charge on any atom is 0.405 e. The molecule has 6 unspecified atom stereocenters. The zero-order valence-corrected chi connectivity index (χ0v) is 28.0. The molecule has 4 fully saturated rings. The van der Waals surface area contributed by atoms with Crippen LogP contribution in [0, 0.1) is 34.5 Å². The number of allylic oxidation sites excluding steroid dienone is 2. The quantitative estimate of drug-likeness (QED) is 0.253. The zero-order chi connectivity index (χ0) is 32.1. The maximum atomic E-state index is 12.5. The van der Waals surface area contributed by atoms with Crippen molar-refractivity contribution < 1.29 is 29.2 Å². The highest BCUT2D eigenvalue weighted by molar-refractivity contribution is 8.02. The number of benzene rings is 1. The Hall–Kier alpha value is -2.28. The molecule has 244 valence electrons.